The van der Waals surface area contributed by atoms with Crippen LogP contribution in [-0.4, -0.2) is 38.2 Å². The van der Waals surface area contributed by atoms with Crippen LogP contribution in [0.4, 0.5) is 0 Å². The molecule has 1 heterocycles. The van der Waals surface area contributed by atoms with Crippen LogP contribution < -0.4 is 0 Å². The van der Waals surface area contributed by atoms with E-state index in [1.54, 1.807) is 7.05 Å². The second-order valence-corrected chi connectivity index (χ2v) is 2.92. The molecule has 6 heteroatoms. The van der Waals surface area contributed by atoms with Crippen LogP contribution >= 0.6 is 0 Å². The number of nitriles is 1. The molecule has 0 aliphatic heterocycles. The lowest BCUT2D eigenvalue weighted by atomic mass is 10.3. The van der Waals surface area contributed by atoms with Gasteiger partial charge in [-0.15, -0.1) is 10.2 Å². The van der Waals surface area contributed by atoms with Crippen LogP contribution in [0.3, 0.4) is 0 Å². The third-order valence-electron chi connectivity index (χ3n) is 1.79. The Labute approximate surface area is 76.8 Å². The second kappa shape index (κ2) is 3.96. The first kappa shape index (κ1) is 9.61. The van der Waals surface area contributed by atoms with E-state index in [1.165, 1.54) is 4.80 Å². The maximum atomic E-state index is 8.64. The maximum Gasteiger partial charge on any atom is 0.188 e. The Balaban J connectivity index is 2.55. The molecule has 0 radical (unpaired) electrons. The molecule has 0 aliphatic rings. The van der Waals surface area contributed by atoms with Crippen molar-refractivity contribution < 1.29 is 0 Å². The van der Waals surface area contributed by atoms with Gasteiger partial charge >= 0.3 is 0 Å². The standard InChI is InChI=1S/C7H12N6/c1-6(4-8)12(2)5-7-9-11-13(3)10-7/h6H,5H2,1-3H3. The van der Waals surface area contributed by atoms with Crippen molar-refractivity contribution in [3.8, 4) is 6.07 Å². The molecule has 0 bridgehead atoms. The number of aromatic nitrogens is 4. The molecule has 1 aromatic rings. The van der Waals surface area contributed by atoms with Gasteiger partial charge in [-0.2, -0.15) is 10.1 Å². The van der Waals surface area contributed by atoms with Crippen LogP contribution in [-0.2, 0) is 13.6 Å². The normalized spacial score (nSPS) is 12.8. The smallest absolute Gasteiger partial charge is 0.188 e. The highest BCUT2D eigenvalue weighted by atomic mass is 15.6. The lowest BCUT2D eigenvalue weighted by Crippen LogP contribution is -2.27. The molecule has 0 saturated carbocycles. The van der Waals surface area contributed by atoms with Gasteiger partial charge in [0, 0.05) is 0 Å². The van der Waals surface area contributed by atoms with Crippen LogP contribution in [0.1, 0.15) is 12.7 Å². The maximum absolute atomic E-state index is 8.64. The summed E-state index contributed by atoms with van der Waals surface area (Å²) in [7, 11) is 3.56. The van der Waals surface area contributed by atoms with E-state index in [4.69, 9.17) is 5.26 Å². The van der Waals surface area contributed by atoms with Gasteiger partial charge in [0.1, 0.15) is 0 Å². The van der Waals surface area contributed by atoms with Crippen LogP contribution in [0.2, 0.25) is 0 Å². The fourth-order valence-corrected chi connectivity index (χ4v) is 0.845. The van der Waals surface area contributed by atoms with Crippen molar-refractivity contribution >= 4 is 0 Å². The van der Waals surface area contributed by atoms with E-state index in [9.17, 15) is 0 Å². The number of aryl methyl sites for hydroxylation is 1. The van der Waals surface area contributed by atoms with Crippen molar-refractivity contribution in [2.75, 3.05) is 7.05 Å². The first-order valence-corrected chi connectivity index (χ1v) is 3.96. The summed E-state index contributed by atoms with van der Waals surface area (Å²) >= 11 is 0. The van der Waals surface area contributed by atoms with Crippen molar-refractivity contribution in [3.63, 3.8) is 0 Å². The number of hydrogen-bond donors (Lipinski definition) is 0. The minimum atomic E-state index is -0.135. The van der Waals surface area contributed by atoms with Gasteiger partial charge < -0.3 is 0 Å². The van der Waals surface area contributed by atoms with Crippen molar-refractivity contribution in [1.29, 1.82) is 5.26 Å². The SMILES string of the molecule is CC(C#N)N(C)Cc1nnn(C)n1. The third-order valence-corrected chi connectivity index (χ3v) is 1.79. The molecule has 1 rings (SSSR count). The summed E-state index contributed by atoms with van der Waals surface area (Å²) in [5.74, 6) is 0.632. The summed E-state index contributed by atoms with van der Waals surface area (Å²) in [4.78, 5) is 3.26. The molecule has 1 aromatic heterocycles. The van der Waals surface area contributed by atoms with Crippen LogP contribution in [0.15, 0.2) is 0 Å². The van der Waals surface area contributed by atoms with E-state index in [-0.39, 0.29) is 6.04 Å². The summed E-state index contributed by atoms with van der Waals surface area (Å²) in [6.07, 6.45) is 0. The highest BCUT2D eigenvalue weighted by Crippen LogP contribution is 1.98. The van der Waals surface area contributed by atoms with E-state index in [0.717, 1.165) is 0 Å². The van der Waals surface area contributed by atoms with E-state index < -0.39 is 0 Å². The van der Waals surface area contributed by atoms with Gasteiger partial charge in [0.15, 0.2) is 5.82 Å². The number of hydrogen-bond acceptors (Lipinski definition) is 5. The first-order valence-electron chi connectivity index (χ1n) is 3.96. The van der Waals surface area contributed by atoms with Gasteiger partial charge in [-0.25, -0.2) is 0 Å². The molecule has 0 N–H and O–H groups in total. The van der Waals surface area contributed by atoms with E-state index in [0.29, 0.717) is 12.4 Å². The summed E-state index contributed by atoms with van der Waals surface area (Å²) in [5, 5.41) is 20.2. The summed E-state index contributed by atoms with van der Waals surface area (Å²) in [6.45, 7) is 2.37. The van der Waals surface area contributed by atoms with Gasteiger partial charge in [0.05, 0.1) is 25.7 Å². The number of tetrazole rings is 1. The molecule has 0 aliphatic carbocycles. The van der Waals surface area contributed by atoms with E-state index in [1.807, 2.05) is 18.9 Å². The highest BCUT2D eigenvalue weighted by Gasteiger charge is 2.10. The fraction of sp³-hybridized carbons (Fsp3) is 0.714. The topological polar surface area (TPSA) is 70.6 Å². The number of rotatable bonds is 3. The minimum absolute atomic E-state index is 0.135. The summed E-state index contributed by atoms with van der Waals surface area (Å²) in [6, 6.07) is 2.00. The third kappa shape index (κ3) is 2.49. The zero-order valence-corrected chi connectivity index (χ0v) is 7.97. The van der Waals surface area contributed by atoms with E-state index >= 15 is 0 Å². The van der Waals surface area contributed by atoms with Crippen molar-refractivity contribution in [1.82, 2.24) is 25.1 Å². The molecule has 0 saturated heterocycles. The first-order chi connectivity index (χ1) is 6.13. The van der Waals surface area contributed by atoms with Crippen molar-refractivity contribution in [2.24, 2.45) is 7.05 Å². The van der Waals surface area contributed by atoms with Crippen LogP contribution in [0.25, 0.3) is 0 Å². The fourth-order valence-electron chi connectivity index (χ4n) is 0.845. The van der Waals surface area contributed by atoms with Crippen molar-refractivity contribution in [3.05, 3.63) is 5.82 Å². The molecule has 70 valence electrons. The van der Waals surface area contributed by atoms with Gasteiger partial charge in [0.25, 0.3) is 0 Å². The predicted octanol–water partition coefficient (Wildman–Crippen LogP) is -0.446. The Bertz CT molecular complexity index is 311. The van der Waals surface area contributed by atoms with Gasteiger partial charge in [-0.3, -0.25) is 4.90 Å². The number of nitrogens with zero attached hydrogens (tertiary/aromatic N) is 6. The summed E-state index contributed by atoms with van der Waals surface area (Å²) < 4.78 is 0. The zero-order valence-electron chi connectivity index (χ0n) is 7.97. The molecule has 0 aromatic carbocycles. The molecule has 1 unspecified atom stereocenters. The Hall–Kier alpha value is -1.48. The van der Waals surface area contributed by atoms with Gasteiger partial charge in [0.2, 0.25) is 0 Å². The molecule has 0 spiro atoms. The minimum Gasteiger partial charge on any atom is -0.284 e. The molecule has 13 heavy (non-hydrogen) atoms. The van der Waals surface area contributed by atoms with Gasteiger partial charge in [-0.05, 0) is 19.2 Å². The molecule has 6 nitrogen and oxygen atoms in total. The van der Waals surface area contributed by atoms with E-state index in [2.05, 4.69) is 21.5 Å². The Morgan fingerprint density at radius 1 is 1.69 bits per heavy atom. The van der Waals surface area contributed by atoms with Crippen molar-refractivity contribution in [2.45, 2.75) is 19.5 Å². The molecule has 1 atom stereocenters. The Kier molecular flexibility index (Phi) is 2.93. The van der Waals surface area contributed by atoms with Gasteiger partial charge in [-0.1, -0.05) is 0 Å². The Morgan fingerprint density at radius 2 is 2.38 bits per heavy atom. The molecule has 0 amide bonds. The molecule has 0 fully saturated rings. The average Bonchev–Trinajstić information content (AvgIpc) is 2.49. The molecular formula is C7H12N6. The summed E-state index contributed by atoms with van der Waals surface area (Å²) in [5.41, 5.74) is 0. The monoisotopic (exact) mass is 180 g/mol. The van der Waals surface area contributed by atoms with Crippen LogP contribution in [0, 0.1) is 11.3 Å². The lowest BCUT2D eigenvalue weighted by Gasteiger charge is -2.15. The molecular weight excluding hydrogens is 168 g/mol. The second-order valence-electron chi connectivity index (χ2n) is 2.92. The lowest BCUT2D eigenvalue weighted by molar-refractivity contribution is 0.286. The highest BCUT2D eigenvalue weighted by molar-refractivity contribution is 4.88. The largest absolute Gasteiger partial charge is 0.284 e. The Morgan fingerprint density at radius 3 is 2.85 bits per heavy atom. The quantitative estimate of drug-likeness (QED) is 0.630. The van der Waals surface area contributed by atoms with Crippen LogP contribution in [0.5, 0.6) is 0 Å². The zero-order chi connectivity index (χ0) is 9.84. The predicted molar refractivity (Wildman–Crippen MR) is 45.3 cm³/mol. The average molecular weight is 180 g/mol.